The van der Waals surface area contributed by atoms with E-state index in [1.54, 1.807) is 12.1 Å². The number of hydrogen-bond acceptors (Lipinski definition) is 5. The average molecular weight is 351 g/mol. The molecule has 2 rings (SSSR count). The van der Waals surface area contributed by atoms with E-state index in [0.29, 0.717) is 0 Å². The zero-order valence-corrected chi connectivity index (χ0v) is 14.1. The Kier molecular flexibility index (Phi) is 5.99. The third-order valence-corrected chi connectivity index (χ3v) is 4.04. The van der Waals surface area contributed by atoms with Crippen LogP contribution in [-0.4, -0.2) is 35.0 Å². The van der Waals surface area contributed by atoms with Crippen LogP contribution in [0.2, 0.25) is 0 Å². The maximum atomic E-state index is 14.1. The fourth-order valence-electron chi connectivity index (χ4n) is 2.05. The molecule has 0 aliphatic carbocycles. The molecule has 1 aromatic carbocycles. The summed E-state index contributed by atoms with van der Waals surface area (Å²) in [5.41, 5.74) is 0.206. The van der Waals surface area contributed by atoms with Gasteiger partial charge in [0.05, 0.1) is 23.5 Å². The number of amides is 1. The molecule has 0 fully saturated rings. The van der Waals surface area contributed by atoms with E-state index in [9.17, 15) is 14.0 Å². The maximum Gasteiger partial charge on any atom is 0.254 e. The fraction of sp³-hybridized carbons (Fsp3) is 0.250. The number of carbonyl (C=O) groups is 1. The molecule has 3 N–H and O–H groups in total. The summed E-state index contributed by atoms with van der Waals surface area (Å²) in [6.07, 6.45) is 3.21. The van der Waals surface area contributed by atoms with Gasteiger partial charge in [0.1, 0.15) is 5.82 Å². The molecular formula is C16H18FN3O3S. The highest BCUT2D eigenvalue weighted by Crippen LogP contribution is 2.25. The van der Waals surface area contributed by atoms with Crippen molar-refractivity contribution in [3.63, 3.8) is 0 Å². The maximum absolute atomic E-state index is 14.1. The van der Waals surface area contributed by atoms with Crippen LogP contribution in [0, 0.1) is 5.82 Å². The number of carbonyl (C=O) groups excluding carboxylic acids is 1. The van der Waals surface area contributed by atoms with Gasteiger partial charge < -0.3 is 20.3 Å². The van der Waals surface area contributed by atoms with Crippen molar-refractivity contribution in [3.05, 3.63) is 52.2 Å². The van der Waals surface area contributed by atoms with Crippen LogP contribution in [0.5, 0.6) is 0 Å². The number of nitrogens with zero attached hydrogens (tertiary/aromatic N) is 1. The van der Waals surface area contributed by atoms with Gasteiger partial charge in [-0.1, -0.05) is 0 Å². The number of anilines is 2. The second kappa shape index (κ2) is 7.98. The van der Waals surface area contributed by atoms with E-state index in [4.69, 9.17) is 5.11 Å². The standard InChI is InChI=1S/C16H18FN3O3S/c1-20-9-11(16(23)18-5-6-21)14(8-15(20)22)19-13-4-3-10(24-2)7-12(13)17/h3-4,7-9,19,21H,5-6H2,1-2H3,(H,18,23). The highest BCUT2D eigenvalue weighted by atomic mass is 32.2. The van der Waals surface area contributed by atoms with Gasteiger partial charge in [-0.15, -0.1) is 11.8 Å². The minimum Gasteiger partial charge on any atom is -0.395 e. The first-order chi connectivity index (χ1) is 11.5. The molecule has 6 nitrogen and oxygen atoms in total. The van der Waals surface area contributed by atoms with Crippen molar-refractivity contribution in [2.45, 2.75) is 4.90 Å². The zero-order chi connectivity index (χ0) is 17.7. The summed E-state index contributed by atoms with van der Waals surface area (Å²) >= 11 is 1.41. The van der Waals surface area contributed by atoms with Crippen LogP contribution in [0.1, 0.15) is 10.4 Å². The second-order valence-corrected chi connectivity index (χ2v) is 5.88. The largest absolute Gasteiger partial charge is 0.395 e. The lowest BCUT2D eigenvalue weighted by molar-refractivity contribution is 0.0945. The van der Waals surface area contributed by atoms with Gasteiger partial charge in [0, 0.05) is 30.8 Å². The van der Waals surface area contributed by atoms with Gasteiger partial charge in [-0.05, 0) is 24.5 Å². The van der Waals surface area contributed by atoms with Crippen molar-refractivity contribution in [1.29, 1.82) is 0 Å². The summed E-state index contributed by atoms with van der Waals surface area (Å²) in [5.74, 6) is -0.951. The van der Waals surface area contributed by atoms with Gasteiger partial charge in [0.25, 0.3) is 11.5 Å². The molecule has 2 aromatic rings. The molecule has 1 amide bonds. The molecule has 24 heavy (non-hydrogen) atoms. The Morgan fingerprint density at radius 2 is 2.08 bits per heavy atom. The van der Waals surface area contributed by atoms with E-state index >= 15 is 0 Å². The number of benzene rings is 1. The van der Waals surface area contributed by atoms with E-state index in [0.717, 1.165) is 4.90 Å². The Morgan fingerprint density at radius 3 is 2.71 bits per heavy atom. The van der Waals surface area contributed by atoms with Crippen molar-refractivity contribution < 1.29 is 14.3 Å². The van der Waals surface area contributed by atoms with Crippen LogP contribution in [0.3, 0.4) is 0 Å². The summed E-state index contributed by atoms with van der Waals surface area (Å²) in [6, 6.07) is 5.89. The molecule has 0 spiro atoms. The lowest BCUT2D eigenvalue weighted by atomic mass is 10.2. The van der Waals surface area contributed by atoms with Crippen LogP contribution in [0.4, 0.5) is 15.8 Å². The quantitative estimate of drug-likeness (QED) is 0.690. The highest BCUT2D eigenvalue weighted by Gasteiger charge is 2.15. The monoisotopic (exact) mass is 351 g/mol. The van der Waals surface area contributed by atoms with Crippen molar-refractivity contribution in [1.82, 2.24) is 9.88 Å². The Labute approximate surface area is 142 Å². The number of hydrogen-bond donors (Lipinski definition) is 3. The summed E-state index contributed by atoms with van der Waals surface area (Å²) < 4.78 is 15.4. The molecule has 1 aromatic heterocycles. The van der Waals surface area contributed by atoms with Crippen LogP contribution >= 0.6 is 11.8 Å². The first-order valence-electron chi connectivity index (χ1n) is 7.16. The number of aliphatic hydroxyl groups excluding tert-OH is 1. The van der Waals surface area contributed by atoms with E-state index in [1.807, 2.05) is 6.26 Å². The predicted octanol–water partition coefficient (Wildman–Crippen LogP) is 1.71. The topological polar surface area (TPSA) is 83.4 Å². The van der Waals surface area contributed by atoms with E-state index in [-0.39, 0.29) is 35.6 Å². The van der Waals surface area contributed by atoms with Crippen molar-refractivity contribution in [3.8, 4) is 0 Å². The number of aryl methyl sites for hydroxylation is 1. The van der Waals surface area contributed by atoms with Gasteiger partial charge in [0.2, 0.25) is 0 Å². The average Bonchev–Trinajstić information content (AvgIpc) is 2.57. The van der Waals surface area contributed by atoms with E-state index in [2.05, 4.69) is 10.6 Å². The summed E-state index contributed by atoms with van der Waals surface area (Å²) in [4.78, 5) is 24.8. The van der Waals surface area contributed by atoms with Gasteiger partial charge in [0.15, 0.2) is 0 Å². The van der Waals surface area contributed by atoms with Crippen molar-refractivity contribution >= 4 is 29.0 Å². The Balaban J connectivity index is 2.40. The Morgan fingerprint density at radius 1 is 1.33 bits per heavy atom. The summed E-state index contributed by atoms with van der Waals surface area (Å²) in [6.45, 7) is -0.122. The first kappa shape index (κ1) is 18.0. The van der Waals surface area contributed by atoms with Crippen LogP contribution in [0.15, 0.2) is 40.2 Å². The molecule has 1 heterocycles. The number of aromatic nitrogens is 1. The minimum absolute atomic E-state index is 0.0812. The molecule has 0 radical (unpaired) electrons. The van der Waals surface area contributed by atoms with Crippen molar-refractivity contribution in [2.75, 3.05) is 24.7 Å². The number of nitrogens with one attached hydrogen (secondary N) is 2. The number of thioether (sulfide) groups is 1. The number of aliphatic hydroxyl groups is 1. The van der Waals surface area contributed by atoms with Gasteiger partial charge in [-0.25, -0.2) is 4.39 Å². The second-order valence-electron chi connectivity index (χ2n) is 5.00. The van der Waals surface area contributed by atoms with Crippen LogP contribution in [0.25, 0.3) is 0 Å². The van der Waals surface area contributed by atoms with Gasteiger partial charge >= 0.3 is 0 Å². The van der Waals surface area contributed by atoms with E-state index in [1.165, 1.54) is 41.7 Å². The summed E-state index contributed by atoms with van der Waals surface area (Å²) in [7, 11) is 1.52. The number of halogens is 1. The summed E-state index contributed by atoms with van der Waals surface area (Å²) in [5, 5.41) is 14.1. The minimum atomic E-state index is -0.482. The number of rotatable bonds is 6. The van der Waals surface area contributed by atoms with Gasteiger partial charge in [-0.2, -0.15) is 0 Å². The highest BCUT2D eigenvalue weighted by molar-refractivity contribution is 7.98. The number of pyridine rings is 1. The van der Waals surface area contributed by atoms with Crippen molar-refractivity contribution in [2.24, 2.45) is 7.05 Å². The molecule has 0 aliphatic rings. The molecule has 0 saturated heterocycles. The van der Waals surface area contributed by atoms with Crippen LogP contribution < -0.4 is 16.2 Å². The van der Waals surface area contributed by atoms with Crippen LogP contribution in [-0.2, 0) is 7.05 Å². The molecule has 0 bridgehead atoms. The molecule has 8 heteroatoms. The molecule has 0 atom stereocenters. The molecule has 0 saturated carbocycles. The molecular weight excluding hydrogens is 333 g/mol. The predicted molar refractivity (Wildman–Crippen MR) is 92.6 cm³/mol. The Hall–Kier alpha value is -2.32. The first-order valence-corrected chi connectivity index (χ1v) is 8.39. The third-order valence-electron chi connectivity index (χ3n) is 3.32. The zero-order valence-electron chi connectivity index (χ0n) is 13.3. The fourth-order valence-corrected chi connectivity index (χ4v) is 2.47. The Bertz CT molecular complexity index is 808. The lowest BCUT2D eigenvalue weighted by Crippen LogP contribution is -2.29. The molecule has 0 unspecified atom stereocenters. The SMILES string of the molecule is CSc1ccc(Nc2cc(=O)n(C)cc2C(=O)NCCO)c(F)c1. The molecule has 128 valence electrons. The smallest absolute Gasteiger partial charge is 0.254 e. The molecule has 0 aliphatic heterocycles. The lowest BCUT2D eigenvalue weighted by Gasteiger charge is -2.14. The van der Waals surface area contributed by atoms with Gasteiger partial charge in [-0.3, -0.25) is 9.59 Å². The van der Waals surface area contributed by atoms with E-state index < -0.39 is 11.7 Å². The normalized spacial score (nSPS) is 10.5. The third kappa shape index (κ3) is 4.15.